The lowest BCUT2D eigenvalue weighted by molar-refractivity contribution is -0.118. The average Bonchev–Trinajstić information content (AvgIpc) is 2.76. The molecule has 0 radical (unpaired) electrons. The largest absolute Gasteiger partial charge is 0.483 e. The van der Waals surface area contributed by atoms with Crippen molar-refractivity contribution in [3.8, 4) is 17.2 Å². The lowest BCUT2D eigenvalue weighted by Crippen LogP contribution is -2.20. The van der Waals surface area contributed by atoms with E-state index in [1.165, 1.54) is 0 Å². The van der Waals surface area contributed by atoms with Crippen LogP contribution in [0.2, 0.25) is 0 Å². The first-order valence-electron chi connectivity index (χ1n) is 9.12. The summed E-state index contributed by atoms with van der Waals surface area (Å²) in [4.78, 5) is 12.3. The third-order valence-electron chi connectivity index (χ3n) is 4.30. The van der Waals surface area contributed by atoms with Crippen LogP contribution in [0, 0.1) is 0 Å². The van der Waals surface area contributed by atoms with Crippen LogP contribution in [0.5, 0.6) is 17.2 Å². The van der Waals surface area contributed by atoms with E-state index in [4.69, 9.17) is 9.47 Å². The van der Waals surface area contributed by atoms with Crippen molar-refractivity contribution < 1.29 is 14.3 Å². The Morgan fingerprint density at radius 1 is 0.793 bits per heavy atom. The van der Waals surface area contributed by atoms with Crippen LogP contribution in [-0.4, -0.2) is 12.5 Å². The number of carbonyl (C=O) groups is 1. The van der Waals surface area contributed by atoms with Gasteiger partial charge in [-0.2, -0.15) is 0 Å². The van der Waals surface area contributed by atoms with E-state index in [0.29, 0.717) is 17.2 Å². The van der Waals surface area contributed by atoms with Gasteiger partial charge in [0.25, 0.3) is 5.91 Å². The Bertz CT molecular complexity index is 1130. The zero-order valence-corrected chi connectivity index (χ0v) is 17.1. The molecule has 0 heterocycles. The van der Waals surface area contributed by atoms with Crippen LogP contribution >= 0.6 is 15.9 Å². The number of halogens is 1. The Labute approximate surface area is 177 Å². The first-order chi connectivity index (χ1) is 14.2. The van der Waals surface area contributed by atoms with Crippen molar-refractivity contribution in [3.05, 3.63) is 95.5 Å². The Morgan fingerprint density at radius 2 is 1.48 bits per heavy atom. The van der Waals surface area contributed by atoms with Crippen molar-refractivity contribution in [2.45, 2.75) is 0 Å². The lowest BCUT2D eigenvalue weighted by atomic mass is 10.1. The van der Waals surface area contributed by atoms with Crippen LogP contribution < -0.4 is 14.8 Å². The van der Waals surface area contributed by atoms with Crippen LogP contribution in [-0.2, 0) is 4.79 Å². The zero-order chi connectivity index (χ0) is 20.1. The third kappa shape index (κ3) is 4.76. The van der Waals surface area contributed by atoms with Gasteiger partial charge in [0.1, 0.15) is 17.2 Å². The third-order valence-corrected chi connectivity index (χ3v) is 5.12. The second-order valence-electron chi connectivity index (χ2n) is 6.38. The summed E-state index contributed by atoms with van der Waals surface area (Å²) in [5.74, 6) is 1.86. The summed E-state index contributed by atoms with van der Waals surface area (Å²) in [5.41, 5.74) is 0.677. The van der Waals surface area contributed by atoms with Crippen molar-refractivity contribution >= 4 is 38.3 Å². The normalized spacial score (nSPS) is 10.5. The van der Waals surface area contributed by atoms with Crippen molar-refractivity contribution in [1.82, 2.24) is 0 Å². The van der Waals surface area contributed by atoms with Gasteiger partial charge >= 0.3 is 0 Å². The van der Waals surface area contributed by atoms with Crippen LogP contribution in [0.25, 0.3) is 10.8 Å². The molecule has 0 aromatic heterocycles. The molecular weight excluding hydrogens is 430 g/mol. The first-order valence-corrected chi connectivity index (χ1v) is 9.91. The summed E-state index contributed by atoms with van der Waals surface area (Å²) in [6, 6.07) is 28.6. The Balaban J connectivity index is 1.34. The van der Waals surface area contributed by atoms with E-state index in [0.717, 1.165) is 21.0 Å². The molecule has 1 N–H and O–H groups in total. The van der Waals surface area contributed by atoms with E-state index in [1.807, 2.05) is 78.9 Å². The molecule has 0 aliphatic rings. The molecule has 4 nitrogen and oxygen atoms in total. The minimum Gasteiger partial charge on any atom is -0.483 e. The molecule has 4 aromatic rings. The maximum Gasteiger partial charge on any atom is 0.262 e. The molecule has 4 rings (SSSR count). The molecule has 0 atom stereocenters. The maximum atomic E-state index is 12.3. The van der Waals surface area contributed by atoms with Crippen molar-refractivity contribution in [2.24, 2.45) is 0 Å². The highest BCUT2D eigenvalue weighted by molar-refractivity contribution is 9.10. The molecule has 0 saturated carbocycles. The monoisotopic (exact) mass is 447 g/mol. The van der Waals surface area contributed by atoms with Gasteiger partial charge in [0.05, 0.1) is 4.47 Å². The first kappa shape index (κ1) is 19.0. The molecule has 144 valence electrons. The van der Waals surface area contributed by atoms with Gasteiger partial charge in [0.2, 0.25) is 0 Å². The summed E-state index contributed by atoms with van der Waals surface area (Å²) in [5, 5.41) is 4.97. The summed E-state index contributed by atoms with van der Waals surface area (Å²) in [6.07, 6.45) is 0. The fourth-order valence-electron chi connectivity index (χ4n) is 2.90. The smallest absolute Gasteiger partial charge is 0.262 e. The van der Waals surface area contributed by atoms with Crippen molar-refractivity contribution in [2.75, 3.05) is 11.9 Å². The van der Waals surface area contributed by atoms with Gasteiger partial charge in [0, 0.05) is 5.69 Å². The molecule has 0 fully saturated rings. The fourth-order valence-corrected chi connectivity index (χ4v) is 3.50. The number of para-hydroxylation sites is 1. The molecule has 0 spiro atoms. The molecule has 0 bridgehead atoms. The van der Waals surface area contributed by atoms with E-state index >= 15 is 0 Å². The minimum absolute atomic E-state index is 0.0841. The number of ether oxygens (including phenoxy) is 2. The topological polar surface area (TPSA) is 47.6 Å². The number of carbonyl (C=O) groups excluding carboxylic acids is 1. The predicted molar refractivity (Wildman–Crippen MR) is 119 cm³/mol. The predicted octanol–water partition coefficient (Wildman–Crippen LogP) is 6.41. The van der Waals surface area contributed by atoms with E-state index in [9.17, 15) is 4.79 Å². The Kier molecular flexibility index (Phi) is 5.77. The van der Waals surface area contributed by atoms with Gasteiger partial charge in [0.15, 0.2) is 6.61 Å². The molecule has 1 amide bonds. The molecule has 0 unspecified atom stereocenters. The highest BCUT2D eigenvalue weighted by Crippen LogP contribution is 2.33. The van der Waals surface area contributed by atoms with E-state index in [-0.39, 0.29) is 12.5 Å². The number of amides is 1. The molecule has 5 heteroatoms. The second kappa shape index (κ2) is 8.80. The van der Waals surface area contributed by atoms with Crippen LogP contribution in [0.3, 0.4) is 0 Å². The summed E-state index contributed by atoms with van der Waals surface area (Å²) in [7, 11) is 0. The molecule has 4 aromatic carbocycles. The van der Waals surface area contributed by atoms with Crippen LogP contribution in [0.4, 0.5) is 5.69 Å². The number of anilines is 1. The molecule has 0 aliphatic heterocycles. The van der Waals surface area contributed by atoms with Crippen molar-refractivity contribution in [3.63, 3.8) is 0 Å². The lowest BCUT2D eigenvalue weighted by Gasteiger charge is -2.11. The Morgan fingerprint density at radius 3 is 2.28 bits per heavy atom. The number of hydrogen-bond acceptors (Lipinski definition) is 3. The molecular formula is C24H18BrNO3. The van der Waals surface area contributed by atoms with E-state index in [1.54, 1.807) is 12.1 Å². The quantitative estimate of drug-likeness (QED) is 0.371. The van der Waals surface area contributed by atoms with Gasteiger partial charge < -0.3 is 14.8 Å². The van der Waals surface area contributed by atoms with Gasteiger partial charge in [-0.3, -0.25) is 4.79 Å². The Hall–Kier alpha value is -3.31. The minimum atomic E-state index is -0.234. The number of nitrogens with one attached hydrogen (secondary N) is 1. The number of rotatable bonds is 6. The van der Waals surface area contributed by atoms with Gasteiger partial charge in [-0.1, -0.05) is 48.5 Å². The second-order valence-corrected chi connectivity index (χ2v) is 7.17. The van der Waals surface area contributed by atoms with Crippen LogP contribution in [0.1, 0.15) is 0 Å². The molecule has 29 heavy (non-hydrogen) atoms. The summed E-state index contributed by atoms with van der Waals surface area (Å²) in [6.45, 7) is -0.0841. The van der Waals surface area contributed by atoms with Crippen LogP contribution in [0.15, 0.2) is 95.5 Å². The number of benzene rings is 4. The molecule has 0 saturated heterocycles. The maximum absolute atomic E-state index is 12.3. The highest BCUT2D eigenvalue weighted by Gasteiger charge is 2.09. The average molecular weight is 448 g/mol. The number of fused-ring (bicyclic) bond motifs is 1. The SMILES string of the molecule is O=C(COc1ccc2ccccc2c1Br)Nc1ccc(Oc2ccccc2)cc1. The van der Waals surface area contributed by atoms with Gasteiger partial charge in [-0.15, -0.1) is 0 Å². The number of hydrogen-bond donors (Lipinski definition) is 1. The zero-order valence-electron chi connectivity index (χ0n) is 15.5. The van der Waals surface area contributed by atoms with E-state index in [2.05, 4.69) is 21.2 Å². The molecule has 0 aliphatic carbocycles. The fraction of sp³-hybridized carbons (Fsp3) is 0.0417. The van der Waals surface area contributed by atoms with Gasteiger partial charge in [-0.25, -0.2) is 0 Å². The summed E-state index contributed by atoms with van der Waals surface area (Å²) >= 11 is 3.56. The van der Waals surface area contributed by atoms with Gasteiger partial charge in [-0.05, 0) is 69.2 Å². The standard InChI is InChI=1S/C24H18BrNO3/c25-24-21-9-5-4-6-17(21)10-15-22(24)28-16-23(27)26-18-11-13-20(14-12-18)29-19-7-2-1-3-8-19/h1-15H,16H2,(H,26,27). The highest BCUT2D eigenvalue weighted by atomic mass is 79.9. The van der Waals surface area contributed by atoms with Crippen molar-refractivity contribution in [1.29, 1.82) is 0 Å². The van der Waals surface area contributed by atoms with E-state index < -0.39 is 0 Å². The summed E-state index contributed by atoms with van der Waals surface area (Å²) < 4.78 is 12.3.